The molecule has 128 valence electrons. The lowest BCUT2D eigenvalue weighted by Crippen LogP contribution is -2.42. The van der Waals surface area contributed by atoms with Gasteiger partial charge in [0, 0.05) is 12.7 Å². The van der Waals surface area contributed by atoms with E-state index in [1.807, 2.05) is 6.92 Å². The molecule has 1 aromatic heterocycles. The third-order valence-electron chi connectivity index (χ3n) is 3.26. The summed E-state index contributed by atoms with van der Waals surface area (Å²) in [5.74, 6) is -0.166. The van der Waals surface area contributed by atoms with Gasteiger partial charge in [0.1, 0.15) is 0 Å². The van der Waals surface area contributed by atoms with E-state index in [9.17, 15) is 18.0 Å². The molecule has 1 fully saturated rings. The Morgan fingerprint density at radius 3 is 2.87 bits per heavy atom. The highest BCUT2D eigenvalue weighted by molar-refractivity contribution is 5.89. The molecule has 0 spiro atoms. The van der Waals surface area contributed by atoms with Crippen molar-refractivity contribution < 1.29 is 27.4 Å². The monoisotopic (exact) mass is 333 g/mol. The molecule has 2 rings (SSSR count). The van der Waals surface area contributed by atoms with E-state index in [4.69, 9.17) is 4.74 Å². The SMILES string of the molecule is CC(NC(=O)Nc1ccc(OCC(F)(F)F)nc1)C1CCCO1. The van der Waals surface area contributed by atoms with Gasteiger partial charge in [-0.3, -0.25) is 0 Å². The molecule has 1 aliphatic heterocycles. The molecule has 0 bridgehead atoms. The smallest absolute Gasteiger partial charge is 0.422 e. The number of nitrogens with zero attached hydrogens (tertiary/aromatic N) is 1. The number of nitrogens with one attached hydrogen (secondary N) is 2. The minimum absolute atomic E-state index is 0.00276. The number of amides is 2. The van der Waals surface area contributed by atoms with Gasteiger partial charge in [-0.05, 0) is 25.8 Å². The van der Waals surface area contributed by atoms with E-state index in [0.29, 0.717) is 12.3 Å². The van der Waals surface area contributed by atoms with Gasteiger partial charge in [-0.2, -0.15) is 13.2 Å². The number of hydrogen-bond donors (Lipinski definition) is 2. The molecule has 6 nitrogen and oxygen atoms in total. The average molecular weight is 333 g/mol. The molecule has 2 N–H and O–H groups in total. The summed E-state index contributed by atoms with van der Waals surface area (Å²) in [5, 5.41) is 5.30. The van der Waals surface area contributed by atoms with Crippen molar-refractivity contribution >= 4 is 11.7 Å². The zero-order valence-electron chi connectivity index (χ0n) is 12.5. The minimum atomic E-state index is -4.42. The van der Waals surface area contributed by atoms with Crippen LogP contribution in [-0.2, 0) is 4.74 Å². The highest BCUT2D eigenvalue weighted by atomic mass is 19.4. The lowest BCUT2D eigenvalue weighted by Gasteiger charge is -2.20. The van der Waals surface area contributed by atoms with Gasteiger partial charge < -0.3 is 20.1 Å². The third-order valence-corrected chi connectivity index (χ3v) is 3.26. The van der Waals surface area contributed by atoms with Gasteiger partial charge in [0.2, 0.25) is 5.88 Å². The number of hydrogen-bond acceptors (Lipinski definition) is 4. The fourth-order valence-corrected chi connectivity index (χ4v) is 2.16. The summed E-state index contributed by atoms with van der Waals surface area (Å²) in [7, 11) is 0. The Morgan fingerprint density at radius 1 is 1.52 bits per heavy atom. The summed E-state index contributed by atoms with van der Waals surface area (Å²) >= 11 is 0. The molecule has 0 aliphatic carbocycles. The van der Waals surface area contributed by atoms with Crippen molar-refractivity contribution in [1.82, 2.24) is 10.3 Å². The lowest BCUT2D eigenvalue weighted by atomic mass is 10.1. The Morgan fingerprint density at radius 2 is 2.30 bits per heavy atom. The van der Waals surface area contributed by atoms with Crippen LogP contribution in [0, 0.1) is 0 Å². The summed E-state index contributed by atoms with van der Waals surface area (Å²) in [4.78, 5) is 15.5. The molecule has 2 amide bonds. The van der Waals surface area contributed by atoms with Crippen LogP contribution >= 0.6 is 0 Å². The number of carbonyl (C=O) groups excluding carboxylic acids is 1. The minimum Gasteiger partial charge on any atom is -0.468 e. The van der Waals surface area contributed by atoms with Gasteiger partial charge >= 0.3 is 12.2 Å². The van der Waals surface area contributed by atoms with Crippen LogP contribution < -0.4 is 15.4 Å². The maximum atomic E-state index is 12.0. The molecule has 2 atom stereocenters. The van der Waals surface area contributed by atoms with Crippen LogP contribution in [-0.4, -0.2) is 42.6 Å². The van der Waals surface area contributed by atoms with Gasteiger partial charge in [-0.25, -0.2) is 9.78 Å². The summed E-state index contributed by atoms with van der Waals surface area (Å²) in [5.41, 5.74) is 0.349. The molecular formula is C14H18F3N3O3. The first-order valence-electron chi connectivity index (χ1n) is 7.18. The molecule has 1 saturated heterocycles. The zero-order chi connectivity index (χ0) is 16.9. The number of halogens is 3. The van der Waals surface area contributed by atoms with Crippen LogP contribution in [0.4, 0.5) is 23.7 Å². The van der Waals surface area contributed by atoms with E-state index < -0.39 is 18.8 Å². The molecule has 0 saturated carbocycles. The number of aromatic nitrogens is 1. The number of ether oxygens (including phenoxy) is 2. The Hall–Kier alpha value is -2.03. The topological polar surface area (TPSA) is 72.5 Å². The maximum Gasteiger partial charge on any atom is 0.422 e. The van der Waals surface area contributed by atoms with Crippen LogP contribution in [0.5, 0.6) is 5.88 Å². The highest BCUT2D eigenvalue weighted by Crippen LogP contribution is 2.18. The highest BCUT2D eigenvalue weighted by Gasteiger charge is 2.28. The van der Waals surface area contributed by atoms with Crippen molar-refractivity contribution in [2.75, 3.05) is 18.5 Å². The van der Waals surface area contributed by atoms with Gasteiger partial charge in [-0.15, -0.1) is 0 Å². The molecule has 2 heterocycles. The Bertz CT molecular complexity index is 516. The van der Waals surface area contributed by atoms with E-state index in [1.165, 1.54) is 18.3 Å². The van der Waals surface area contributed by atoms with Crippen molar-refractivity contribution in [2.24, 2.45) is 0 Å². The second-order valence-electron chi connectivity index (χ2n) is 5.23. The Kier molecular flexibility index (Phi) is 5.64. The summed E-state index contributed by atoms with van der Waals surface area (Å²) in [6, 6.07) is 2.10. The number of rotatable bonds is 5. The normalized spacial score (nSPS) is 19.2. The Balaban J connectivity index is 1.79. The molecule has 2 unspecified atom stereocenters. The first kappa shape index (κ1) is 17.3. The van der Waals surface area contributed by atoms with Gasteiger partial charge in [-0.1, -0.05) is 0 Å². The lowest BCUT2D eigenvalue weighted by molar-refractivity contribution is -0.154. The quantitative estimate of drug-likeness (QED) is 0.869. The average Bonchev–Trinajstić information content (AvgIpc) is 3.00. The van der Waals surface area contributed by atoms with Crippen LogP contribution in [0.1, 0.15) is 19.8 Å². The van der Waals surface area contributed by atoms with Crippen LogP contribution in [0.15, 0.2) is 18.3 Å². The number of carbonyl (C=O) groups is 1. The maximum absolute atomic E-state index is 12.0. The van der Waals surface area contributed by atoms with Crippen molar-refractivity contribution in [1.29, 1.82) is 0 Å². The predicted octanol–water partition coefficient (Wildman–Crippen LogP) is 2.71. The number of pyridine rings is 1. The number of alkyl halides is 3. The van der Waals surface area contributed by atoms with Gasteiger partial charge in [0.05, 0.1) is 24.0 Å². The Labute approximate surface area is 131 Å². The van der Waals surface area contributed by atoms with Crippen molar-refractivity contribution in [3.8, 4) is 5.88 Å². The largest absolute Gasteiger partial charge is 0.468 e. The second kappa shape index (κ2) is 7.49. The molecular weight excluding hydrogens is 315 g/mol. The predicted molar refractivity (Wildman–Crippen MR) is 76.4 cm³/mol. The fourth-order valence-electron chi connectivity index (χ4n) is 2.16. The van der Waals surface area contributed by atoms with E-state index >= 15 is 0 Å². The van der Waals surface area contributed by atoms with Gasteiger partial charge in [0.25, 0.3) is 0 Å². The second-order valence-corrected chi connectivity index (χ2v) is 5.23. The van der Waals surface area contributed by atoms with Crippen LogP contribution in [0.25, 0.3) is 0 Å². The molecule has 23 heavy (non-hydrogen) atoms. The van der Waals surface area contributed by atoms with Crippen molar-refractivity contribution in [3.05, 3.63) is 18.3 Å². The van der Waals surface area contributed by atoms with Crippen LogP contribution in [0.2, 0.25) is 0 Å². The summed E-state index contributed by atoms with van der Waals surface area (Å²) in [6.07, 6.45) is -1.33. The first-order chi connectivity index (χ1) is 10.8. The number of urea groups is 1. The van der Waals surface area contributed by atoms with Crippen molar-refractivity contribution in [2.45, 2.75) is 38.1 Å². The van der Waals surface area contributed by atoms with Crippen LogP contribution in [0.3, 0.4) is 0 Å². The molecule has 1 aromatic rings. The van der Waals surface area contributed by atoms with E-state index in [1.54, 1.807) is 0 Å². The van der Waals surface area contributed by atoms with Crippen molar-refractivity contribution in [3.63, 3.8) is 0 Å². The summed E-state index contributed by atoms with van der Waals surface area (Å²) < 4.78 is 46.0. The standard InChI is InChI=1S/C14H18F3N3O3/c1-9(11-3-2-6-22-11)19-13(21)20-10-4-5-12(18-7-10)23-8-14(15,16)17/h4-5,7,9,11H,2-3,6,8H2,1H3,(H2,19,20,21). The van der Waals surface area contributed by atoms with Gasteiger partial charge in [0.15, 0.2) is 6.61 Å². The molecule has 9 heteroatoms. The van der Waals surface area contributed by atoms with E-state index in [-0.39, 0.29) is 18.0 Å². The molecule has 0 radical (unpaired) electrons. The third kappa shape index (κ3) is 5.93. The fraction of sp³-hybridized carbons (Fsp3) is 0.571. The van der Waals surface area contributed by atoms with E-state index in [2.05, 4.69) is 20.4 Å². The molecule has 0 aromatic carbocycles. The zero-order valence-corrected chi connectivity index (χ0v) is 12.5. The van der Waals surface area contributed by atoms with E-state index in [0.717, 1.165) is 12.8 Å². The first-order valence-corrected chi connectivity index (χ1v) is 7.18. The number of anilines is 1. The molecule has 1 aliphatic rings. The summed E-state index contributed by atoms with van der Waals surface area (Å²) in [6.45, 7) is 1.13.